The van der Waals surface area contributed by atoms with Gasteiger partial charge in [-0.1, -0.05) is 56.3 Å². The summed E-state index contributed by atoms with van der Waals surface area (Å²) in [7, 11) is 0. The molecule has 3 aliphatic heterocycles. The average molecular weight is 1090 g/mol. The highest BCUT2D eigenvalue weighted by Crippen LogP contribution is 2.36. The van der Waals surface area contributed by atoms with Crippen LogP contribution < -0.4 is 30.6 Å². The summed E-state index contributed by atoms with van der Waals surface area (Å²) in [5, 5.41) is 16.9. The van der Waals surface area contributed by atoms with Crippen LogP contribution >= 0.6 is 11.3 Å². The Morgan fingerprint density at radius 1 is 0.886 bits per heavy atom. The second-order valence-electron chi connectivity index (χ2n) is 21.5. The van der Waals surface area contributed by atoms with Gasteiger partial charge in [-0.25, -0.2) is 4.98 Å². The third kappa shape index (κ3) is 12.6. The van der Waals surface area contributed by atoms with Crippen LogP contribution in [0, 0.1) is 33.6 Å². The number of rotatable bonds is 20. The van der Waals surface area contributed by atoms with E-state index in [1.165, 1.54) is 4.90 Å². The zero-order valence-corrected chi connectivity index (χ0v) is 47.3. The number of benzene rings is 4. The number of aromatic amines is 1. The van der Waals surface area contributed by atoms with Crippen LogP contribution in [0.4, 0.5) is 5.69 Å². The number of thiazole rings is 1. The van der Waals surface area contributed by atoms with Crippen molar-refractivity contribution in [3.05, 3.63) is 151 Å². The number of carbonyl (C=O) groups is 4. The lowest BCUT2D eigenvalue weighted by atomic mass is 9.95. The van der Waals surface area contributed by atoms with Crippen LogP contribution in [0.2, 0.25) is 0 Å². The van der Waals surface area contributed by atoms with E-state index in [-0.39, 0.29) is 73.2 Å². The summed E-state index contributed by atoms with van der Waals surface area (Å²) in [5.41, 5.74) is 12.1. The highest BCUT2D eigenvalue weighted by Gasteiger charge is 2.46. The van der Waals surface area contributed by atoms with E-state index in [4.69, 9.17) is 14.2 Å². The van der Waals surface area contributed by atoms with Gasteiger partial charge in [-0.15, -0.1) is 11.3 Å². The van der Waals surface area contributed by atoms with E-state index in [0.29, 0.717) is 61.0 Å². The maximum Gasteiger partial charge on any atom is 0.255 e. The Morgan fingerprint density at radius 3 is 2.25 bits per heavy atom. The number of aryl methyl sites for hydroxylation is 3. The summed E-state index contributed by atoms with van der Waals surface area (Å²) in [6.07, 6.45) is 1.56. The Hall–Kier alpha value is -7.34. The van der Waals surface area contributed by atoms with Gasteiger partial charge in [0, 0.05) is 86.3 Å². The number of nitrogens with zero attached hydrogens (tertiary/aromatic N) is 4. The maximum atomic E-state index is 14.5. The van der Waals surface area contributed by atoms with Crippen molar-refractivity contribution in [2.24, 2.45) is 5.92 Å². The van der Waals surface area contributed by atoms with Gasteiger partial charge in [-0.2, -0.15) is 0 Å². The summed E-state index contributed by atoms with van der Waals surface area (Å²) in [4.78, 5) is 83.1. The molecule has 4 N–H and O–H groups in total. The number of amides is 4. The molecular formula is C62H73N7O9S. The highest BCUT2D eigenvalue weighted by atomic mass is 32.1. The van der Waals surface area contributed by atoms with Gasteiger partial charge in [0.25, 0.3) is 17.4 Å². The largest absolute Gasteiger partial charge is 0.493 e. The number of aromatic nitrogens is 2. The predicted molar refractivity (Wildman–Crippen MR) is 307 cm³/mol. The van der Waals surface area contributed by atoms with Crippen LogP contribution in [0.15, 0.2) is 95.2 Å². The number of aliphatic hydroxyl groups excluding tert-OH is 1. The fourth-order valence-corrected chi connectivity index (χ4v) is 12.1. The molecule has 0 unspecified atom stereocenters. The summed E-state index contributed by atoms with van der Waals surface area (Å²) in [6.45, 7) is 18.6. The predicted octanol–water partition coefficient (Wildman–Crippen LogP) is 9.00. The van der Waals surface area contributed by atoms with Crippen LogP contribution in [0.3, 0.4) is 0 Å². The fraction of sp³-hybridized carbons (Fsp3) is 0.419. The number of aliphatic hydroxyl groups is 1. The number of hydrogen-bond donors (Lipinski definition) is 4. The quantitative estimate of drug-likeness (QED) is 0.0533. The number of hydrogen-bond acceptors (Lipinski definition) is 12. The Labute approximate surface area is 466 Å². The fourth-order valence-electron chi connectivity index (χ4n) is 11.3. The molecule has 416 valence electrons. The number of pyridine rings is 1. The standard InChI is InChI=1S/C62H73N7O9S/c1-9-67(47-21-25-76-26-22-47)54-29-46(28-51(39(54)6)58(71)63-32-53-37(4)27-38(5)65-59(53)72)43-15-18-49(19-16-43)77-23-10-24-78-50-20-17-45-33-69(61(74)52(45)31-50)56(36(2)3)62(75)68-34-48(70)30-55(68)60(73)66-40(7)42-11-13-44(14-12-42)57-41(8)64-35-79-57/h11-20,27-29,31,35-36,40,47-48,55-56,70H,9-10,21-26,30,32-34H2,1-8H3,(H,63,71)(H,65,72)(H,66,73)/t40-,48+,55-,56-/m0/s1. The molecule has 4 amide bonds. The molecule has 2 aromatic heterocycles. The molecule has 9 rings (SSSR count). The van der Waals surface area contributed by atoms with Gasteiger partial charge in [-0.3, -0.25) is 24.0 Å². The summed E-state index contributed by atoms with van der Waals surface area (Å²) >= 11 is 1.58. The first kappa shape index (κ1) is 56.4. The number of β-amino-alcohol motifs (C(OH)–C–C–N with tert-alkyl or cyclic N) is 1. The van der Waals surface area contributed by atoms with Gasteiger partial charge in [0.15, 0.2) is 0 Å². The van der Waals surface area contributed by atoms with Crippen molar-refractivity contribution < 1.29 is 38.5 Å². The number of H-pyrrole nitrogens is 1. The Bertz CT molecular complexity index is 3240. The molecule has 5 heterocycles. The number of ether oxygens (including phenoxy) is 3. The van der Waals surface area contributed by atoms with Gasteiger partial charge in [0.05, 0.1) is 41.4 Å². The van der Waals surface area contributed by atoms with Gasteiger partial charge in [-0.05, 0) is 142 Å². The molecular weight excluding hydrogens is 1020 g/mol. The van der Waals surface area contributed by atoms with Crippen molar-refractivity contribution in [3.8, 4) is 33.1 Å². The molecule has 2 fully saturated rings. The highest BCUT2D eigenvalue weighted by molar-refractivity contribution is 7.13. The number of nitrogens with one attached hydrogen (secondary N) is 3. The minimum absolute atomic E-state index is 0.00685. The molecule has 2 saturated heterocycles. The van der Waals surface area contributed by atoms with Gasteiger partial charge in [0.1, 0.15) is 23.6 Å². The molecule has 4 aromatic carbocycles. The summed E-state index contributed by atoms with van der Waals surface area (Å²) in [5.74, 6) is -0.357. The molecule has 0 bridgehead atoms. The van der Waals surface area contributed by atoms with Crippen LogP contribution in [0.5, 0.6) is 11.5 Å². The van der Waals surface area contributed by atoms with Crippen LogP contribution in [0.1, 0.15) is 119 Å². The van der Waals surface area contributed by atoms with E-state index in [1.54, 1.807) is 22.3 Å². The van der Waals surface area contributed by atoms with E-state index >= 15 is 0 Å². The van der Waals surface area contributed by atoms with Gasteiger partial charge in [0.2, 0.25) is 11.8 Å². The summed E-state index contributed by atoms with van der Waals surface area (Å²) < 4.78 is 18.0. The average Bonchev–Trinajstić information content (AvgIpc) is 4.19. The molecule has 0 saturated carbocycles. The smallest absolute Gasteiger partial charge is 0.255 e. The van der Waals surface area contributed by atoms with Crippen molar-refractivity contribution >= 4 is 40.7 Å². The third-order valence-corrected chi connectivity index (χ3v) is 16.6. The molecule has 16 nitrogen and oxygen atoms in total. The summed E-state index contributed by atoms with van der Waals surface area (Å²) in [6, 6.07) is 25.3. The second-order valence-corrected chi connectivity index (χ2v) is 22.3. The van der Waals surface area contributed by atoms with Crippen LogP contribution in [-0.4, -0.2) is 112 Å². The van der Waals surface area contributed by atoms with Crippen molar-refractivity contribution in [2.45, 2.75) is 124 Å². The Balaban J connectivity index is 0.799. The molecule has 79 heavy (non-hydrogen) atoms. The number of carbonyl (C=O) groups excluding carboxylic acids is 4. The molecule has 6 aromatic rings. The van der Waals surface area contributed by atoms with Crippen molar-refractivity contribution in [1.29, 1.82) is 0 Å². The Kier molecular flexibility index (Phi) is 17.7. The van der Waals surface area contributed by atoms with Gasteiger partial charge >= 0.3 is 0 Å². The lowest BCUT2D eigenvalue weighted by Crippen LogP contribution is -2.55. The SMILES string of the molecule is CCN(c1cc(-c2ccc(OCCCOc3ccc4c(c3)C(=O)N([C@H](C(=O)N3C[C@H](O)C[C@H]3C(=O)N[C@@H](C)c3ccc(-c5scnc5C)cc3)C(C)C)C4)cc2)cc(C(=O)NCc2c(C)cc(C)[nH]c2=O)c1C)C1CCOCC1. The van der Waals surface area contributed by atoms with Crippen LogP contribution in [0.25, 0.3) is 21.6 Å². The van der Waals surface area contributed by atoms with E-state index in [9.17, 15) is 29.1 Å². The van der Waals surface area contributed by atoms with Crippen LogP contribution in [-0.2, 0) is 27.4 Å². The minimum atomic E-state index is -0.897. The van der Waals surface area contributed by atoms with Crippen molar-refractivity contribution in [3.63, 3.8) is 0 Å². The zero-order valence-electron chi connectivity index (χ0n) is 46.5. The first-order valence-corrected chi connectivity index (χ1v) is 28.4. The van der Waals surface area contributed by atoms with Crippen molar-refractivity contribution in [2.75, 3.05) is 44.4 Å². The number of fused-ring (bicyclic) bond motifs is 1. The van der Waals surface area contributed by atoms with E-state index in [0.717, 1.165) is 80.3 Å². The lowest BCUT2D eigenvalue weighted by Gasteiger charge is -2.37. The van der Waals surface area contributed by atoms with Gasteiger partial charge < -0.3 is 49.6 Å². The maximum absolute atomic E-state index is 14.5. The molecule has 0 spiro atoms. The molecule has 4 atom stereocenters. The molecule has 0 radical (unpaired) electrons. The minimum Gasteiger partial charge on any atom is -0.493 e. The normalized spacial score (nSPS) is 17.2. The van der Waals surface area contributed by atoms with E-state index in [1.807, 2.05) is 127 Å². The monoisotopic (exact) mass is 1090 g/mol. The number of anilines is 1. The second kappa shape index (κ2) is 24.8. The molecule has 17 heteroatoms. The van der Waals surface area contributed by atoms with E-state index in [2.05, 4.69) is 38.5 Å². The Morgan fingerprint density at radius 2 is 1.58 bits per heavy atom. The number of likely N-dealkylation sites (tertiary alicyclic amines) is 1. The molecule has 3 aliphatic rings. The van der Waals surface area contributed by atoms with E-state index < -0.39 is 18.2 Å². The molecule has 0 aliphatic carbocycles. The lowest BCUT2D eigenvalue weighted by molar-refractivity contribution is -0.143. The first-order valence-electron chi connectivity index (χ1n) is 27.5. The zero-order chi connectivity index (χ0) is 56.1. The topological polar surface area (TPSA) is 196 Å². The van der Waals surface area contributed by atoms with Crippen molar-refractivity contribution in [1.82, 2.24) is 30.4 Å². The first-order chi connectivity index (χ1) is 38.0. The third-order valence-electron chi connectivity index (χ3n) is 15.6.